The number of piperidine rings is 1. The number of hydrogen-bond acceptors (Lipinski definition) is 2. The summed E-state index contributed by atoms with van der Waals surface area (Å²) in [6, 6.07) is 0.217. The van der Waals surface area contributed by atoms with Gasteiger partial charge >= 0.3 is 6.03 Å². The van der Waals surface area contributed by atoms with Gasteiger partial charge in [0.05, 0.1) is 0 Å². The Balaban J connectivity index is 2.29. The van der Waals surface area contributed by atoms with Crippen LogP contribution in [0.3, 0.4) is 0 Å². The standard InChI is InChI=1S/C16H31N3O2/c1-12(5-8-16(2,3)4)18-15(21)19-9-6-13(7-10-19)11-14(17)20/h12-13H,5-11H2,1-4H3,(H2,17,20)(H,18,21)/t12-/m0/s1. The van der Waals surface area contributed by atoms with Crippen LogP contribution in [0.2, 0.25) is 0 Å². The third kappa shape index (κ3) is 7.34. The van der Waals surface area contributed by atoms with Crippen molar-refractivity contribution >= 4 is 11.9 Å². The molecule has 0 unspecified atom stereocenters. The molecule has 0 aromatic rings. The van der Waals surface area contributed by atoms with Crippen LogP contribution in [-0.2, 0) is 4.79 Å². The molecule has 1 aliphatic heterocycles. The van der Waals surface area contributed by atoms with Crippen molar-refractivity contribution in [3.05, 3.63) is 0 Å². The first-order valence-corrected chi connectivity index (χ1v) is 8.01. The molecule has 3 amide bonds. The second-order valence-corrected chi connectivity index (χ2v) is 7.55. The molecule has 0 aliphatic carbocycles. The Labute approximate surface area is 128 Å². The van der Waals surface area contributed by atoms with Crippen LogP contribution < -0.4 is 11.1 Å². The largest absolute Gasteiger partial charge is 0.370 e. The topological polar surface area (TPSA) is 75.4 Å². The molecule has 5 heteroatoms. The van der Waals surface area contributed by atoms with Crippen LogP contribution in [-0.4, -0.2) is 36.0 Å². The van der Waals surface area contributed by atoms with E-state index in [1.807, 2.05) is 4.90 Å². The van der Waals surface area contributed by atoms with Gasteiger partial charge in [0.25, 0.3) is 0 Å². The highest BCUT2D eigenvalue weighted by Gasteiger charge is 2.24. The second-order valence-electron chi connectivity index (χ2n) is 7.55. The maximum Gasteiger partial charge on any atom is 0.317 e. The molecule has 1 rings (SSSR count). The van der Waals surface area contributed by atoms with E-state index in [0.29, 0.717) is 17.8 Å². The SMILES string of the molecule is C[C@@H](CCC(C)(C)C)NC(=O)N1CCC(CC(N)=O)CC1. The number of rotatable bonds is 5. The smallest absolute Gasteiger partial charge is 0.317 e. The predicted molar refractivity (Wildman–Crippen MR) is 84.8 cm³/mol. The quantitative estimate of drug-likeness (QED) is 0.818. The van der Waals surface area contributed by atoms with Gasteiger partial charge in [0.15, 0.2) is 0 Å². The second kappa shape index (κ2) is 7.66. The number of nitrogens with one attached hydrogen (secondary N) is 1. The first-order chi connectivity index (χ1) is 9.67. The van der Waals surface area contributed by atoms with Gasteiger partial charge in [-0.05, 0) is 43.9 Å². The molecule has 1 heterocycles. The van der Waals surface area contributed by atoms with Crippen LogP contribution in [0.5, 0.6) is 0 Å². The fraction of sp³-hybridized carbons (Fsp3) is 0.875. The Hall–Kier alpha value is -1.26. The van der Waals surface area contributed by atoms with E-state index in [-0.39, 0.29) is 18.0 Å². The Bertz CT molecular complexity index is 355. The van der Waals surface area contributed by atoms with Crippen molar-refractivity contribution < 1.29 is 9.59 Å². The first-order valence-electron chi connectivity index (χ1n) is 8.01. The molecule has 1 atom stereocenters. The van der Waals surface area contributed by atoms with Crippen LogP contribution >= 0.6 is 0 Å². The van der Waals surface area contributed by atoms with E-state index in [4.69, 9.17) is 5.73 Å². The Morgan fingerprint density at radius 2 is 1.86 bits per heavy atom. The highest BCUT2D eigenvalue weighted by Crippen LogP contribution is 2.22. The van der Waals surface area contributed by atoms with Crippen molar-refractivity contribution in [2.24, 2.45) is 17.1 Å². The zero-order valence-electron chi connectivity index (χ0n) is 13.9. The maximum absolute atomic E-state index is 12.2. The first kappa shape index (κ1) is 17.8. The minimum atomic E-state index is -0.242. The maximum atomic E-state index is 12.2. The molecule has 5 nitrogen and oxygen atoms in total. The van der Waals surface area contributed by atoms with Crippen LogP contribution in [0.25, 0.3) is 0 Å². The average molecular weight is 297 g/mol. The highest BCUT2D eigenvalue weighted by atomic mass is 16.2. The molecule has 0 aromatic heterocycles. The number of carbonyl (C=O) groups excluding carboxylic acids is 2. The van der Waals surface area contributed by atoms with E-state index in [0.717, 1.165) is 38.8 Å². The van der Waals surface area contributed by atoms with Gasteiger partial charge in [-0.25, -0.2) is 4.79 Å². The molecule has 0 spiro atoms. The van der Waals surface area contributed by atoms with E-state index >= 15 is 0 Å². The lowest BCUT2D eigenvalue weighted by atomic mass is 9.89. The van der Waals surface area contributed by atoms with E-state index in [1.54, 1.807) is 0 Å². The third-order valence-electron chi connectivity index (χ3n) is 4.09. The molecule has 0 saturated carbocycles. The van der Waals surface area contributed by atoms with Gasteiger partial charge in [-0.15, -0.1) is 0 Å². The summed E-state index contributed by atoms with van der Waals surface area (Å²) >= 11 is 0. The van der Waals surface area contributed by atoms with Crippen LogP contribution in [0.4, 0.5) is 4.79 Å². The minimum Gasteiger partial charge on any atom is -0.370 e. The molecule has 0 bridgehead atoms. The number of carbonyl (C=O) groups is 2. The summed E-state index contributed by atoms with van der Waals surface area (Å²) in [5.74, 6) is 0.0959. The van der Waals surface area contributed by atoms with Crippen LogP contribution in [0.15, 0.2) is 0 Å². The van der Waals surface area contributed by atoms with Crippen LogP contribution in [0.1, 0.15) is 59.8 Å². The van der Waals surface area contributed by atoms with E-state index in [9.17, 15) is 9.59 Å². The fourth-order valence-corrected chi connectivity index (χ4v) is 2.65. The zero-order valence-corrected chi connectivity index (χ0v) is 13.9. The van der Waals surface area contributed by atoms with Gasteiger partial charge < -0.3 is 16.0 Å². The lowest BCUT2D eigenvalue weighted by Crippen LogP contribution is -2.47. The third-order valence-corrected chi connectivity index (χ3v) is 4.09. The number of hydrogen-bond donors (Lipinski definition) is 2. The zero-order chi connectivity index (χ0) is 16.0. The van der Waals surface area contributed by atoms with E-state index < -0.39 is 0 Å². The fourth-order valence-electron chi connectivity index (χ4n) is 2.65. The summed E-state index contributed by atoms with van der Waals surface area (Å²) in [6.45, 7) is 10.1. The molecule has 0 aromatic carbocycles. The molecule has 1 saturated heterocycles. The number of nitrogens with zero attached hydrogens (tertiary/aromatic N) is 1. The van der Waals surface area contributed by atoms with Crippen LogP contribution in [0, 0.1) is 11.3 Å². The predicted octanol–water partition coefficient (Wildman–Crippen LogP) is 2.50. The molecular formula is C16H31N3O2. The van der Waals surface area contributed by atoms with Crippen molar-refractivity contribution in [1.29, 1.82) is 0 Å². The molecule has 21 heavy (non-hydrogen) atoms. The Morgan fingerprint density at radius 3 is 2.33 bits per heavy atom. The Kier molecular flexibility index (Phi) is 6.49. The molecule has 1 fully saturated rings. The van der Waals surface area contributed by atoms with Gasteiger partial charge in [-0.2, -0.15) is 0 Å². The van der Waals surface area contributed by atoms with E-state index in [1.165, 1.54) is 0 Å². The summed E-state index contributed by atoms with van der Waals surface area (Å²) in [4.78, 5) is 24.9. The van der Waals surface area contributed by atoms with Crippen molar-refractivity contribution in [3.63, 3.8) is 0 Å². The number of amides is 3. The molecular weight excluding hydrogens is 266 g/mol. The monoisotopic (exact) mass is 297 g/mol. The Morgan fingerprint density at radius 1 is 1.29 bits per heavy atom. The summed E-state index contributed by atoms with van der Waals surface area (Å²) in [6.07, 6.45) is 4.26. The minimum absolute atomic E-state index is 0.0222. The van der Waals surface area contributed by atoms with Crippen molar-refractivity contribution in [2.75, 3.05) is 13.1 Å². The molecule has 3 N–H and O–H groups in total. The van der Waals surface area contributed by atoms with Gasteiger partial charge in [-0.1, -0.05) is 20.8 Å². The molecule has 1 aliphatic rings. The normalized spacial score (nSPS) is 18.4. The number of urea groups is 1. The van der Waals surface area contributed by atoms with Crippen molar-refractivity contribution in [2.45, 2.75) is 65.8 Å². The average Bonchev–Trinajstić information content (AvgIpc) is 2.35. The van der Waals surface area contributed by atoms with Gasteiger partial charge in [0.2, 0.25) is 5.91 Å². The molecule has 0 radical (unpaired) electrons. The van der Waals surface area contributed by atoms with Gasteiger partial charge in [-0.3, -0.25) is 4.79 Å². The lowest BCUT2D eigenvalue weighted by molar-refractivity contribution is -0.119. The molecule has 122 valence electrons. The van der Waals surface area contributed by atoms with Crippen molar-refractivity contribution in [3.8, 4) is 0 Å². The van der Waals surface area contributed by atoms with Gasteiger partial charge in [0.1, 0.15) is 0 Å². The highest BCUT2D eigenvalue weighted by molar-refractivity contribution is 5.75. The summed E-state index contributed by atoms with van der Waals surface area (Å²) in [7, 11) is 0. The van der Waals surface area contributed by atoms with Crippen molar-refractivity contribution in [1.82, 2.24) is 10.2 Å². The van der Waals surface area contributed by atoms with E-state index in [2.05, 4.69) is 33.0 Å². The number of primary amides is 1. The van der Waals surface area contributed by atoms with Gasteiger partial charge in [0, 0.05) is 25.6 Å². The number of likely N-dealkylation sites (tertiary alicyclic amines) is 1. The summed E-state index contributed by atoms with van der Waals surface area (Å²) in [5, 5.41) is 3.07. The summed E-state index contributed by atoms with van der Waals surface area (Å²) < 4.78 is 0. The summed E-state index contributed by atoms with van der Waals surface area (Å²) in [5.41, 5.74) is 5.52. The number of nitrogens with two attached hydrogens (primary N) is 1. The lowest BCUT2D eigenvalue weighted by Gasteiger charge is -2.32.